The van der Waals surface area contributed by atoms with Crippen molar-refractivity contribution in [2.75, 3.05) is 4.90 Å². The third-order valence-electron chi connectivity index (χ3n) is 11.8. The van der Waals surface area contributed by atoms with Crippen LogP contribution >= 0.6 is 0 Å². The lowest BCUT2D eigenvalue weighted by Gasteiger charge is -2.29. The van der Waals surface area contributed by atoms with Gasteiger partial charge in [-0.1, -0.05) is 159 Å². The van der Waals surface area contributed by atoms with E-state index in [4.69, 9.17) is 0 Å². The molecule has 0 bridgehead atoms. The molecule has 0 spiro atoms. The zero-order valence-electron chi connectivity index (χ0n) is 33.0. The van der Waals surface area contributed by atoms with E-state index >= 15 is 0 Å². The number of hydrogen-bond acceptors (Lipinski definition) is 1. The number of benzene rings is 9. The Bertz CT molecular complexity index is 3390. The van der Waals surface area contributed by atoms with Crippen LogP contribution in [0, 0.1) is 0 Å². The van der Waals surface area contributed by atoms with E-state index in [-0.39, 0.29) is 0 Å². The monoisotopic (exact) mass is 755 g/mol. The molecule has 9 aromatic carbocycles. The first kappa shape index (κ1) is 34.6. The standard InChI is InChI=1S/C54H35N3.C2H6/c1-4-17-36(18-5-1)38-33-39(37-19-6-2-7-20-37)35-41(34-38)56(49-30-15-29-48-52(49)44-24-11-13-28-47(44)55(48)40-21-8-3-9-22-40)50-31-16-32-51-53(50)45-26-14-25-43-42-23-10-12-27-46(42)57(51)54(43)45;1-2/h1-35H;1-2H3. The van der Waals surface area contributed by atoms with Crippen LogP contribution in [0.25, 0.3) is 87.8 Å². The van der Waals surface area contributed by atoms with Gasteiger partial charge < -0.3 is 13.9 Å². The topological polar surface area (TPSA) is 12.6 Å². The van der Waals surface area contributed by atoms with E-state index in [9.17, 15) is 0 Å². The molecular formula is C56H41N3. The molecule has 59 heavy (non-hydrogen) atoms. The van der Waals surface area contributed by atoms with E-state index in [2.05, 4.69) is 226 Å². The van der Waals surface area contributed by atoms with Gasteiger partial charge >= 0.3 is 0 Å². The molecule has 12 aromatic rings. The quantitative estimate of drug-likeness (QED) is 0.165. The van der Waals surface area contributed by atoms with Crippen molar-refractivity contribution in [3.8, 4) is 27.9 Å². The van der Waals surface area contributed by atoms with Gasteiger partial charge in [0.1, 0.15) is 0 Å². The Hall–Kier alpha value is -7.62. The normalized spacial score (nSPS) is 11.6. The van der Waals surface area contributed by atoms with Crippen LogP contribution in [0.4, 0.5) is 17.1 Å². The van der Waals surface area contributed by atoms with Crippen LogP contribution in [-0.2, 0) is 0 Å². The average Bonchev–Trinajstić information content (AvgIpc) is 3.97. The van der Waals surface area contributed by atoms with Crippen molar-refractivity contribution < 1.29 is 0 Å². The van der Waals surface area contributed by atoms with Crippen molar-refractivity contribution >= 4 is 77.0 Å². The Morgan fingerprint density at radius 2 is 0.814 bits per heavy atom. The maximum absolute atomic E-state index is 2.54. The number of anilines is 3. The highest BCUT2D eigenvalue weighted by Gasteiger charge is 2.26. The Labute approximate surface area is 343 Å². The molecule has 0 aliphatic carbocycles. The third kappa shape index (κ3) is 5.36. The zero-order valence-corrected chi connectivity index (χ0v) is 33.0. The van der Waals surface area contributed by atoms with Crippen LogP contribution in [0.3, 0.4) is 0 Å². The van der Waals surface area contributed by atoms with Crippen LogP contribution in [0.5, 0.6) is 0 Å². The summed E-state index contributed by atoms with van der Waals surface area (Å²) in [6, 6.07) is 77.5. The molecule has 0 unspecified atom stereocenters. The van der Waals surface area contributed by atoms with E-state index < -0.39 is 0 Å². The predicted octanol–water partition coefficient (Wildman–Crippen LogP) is 15.8. The van der Waals surface area contributed by atoms with Crippen LogP contribution in [-0.4, -0.2) is 8.97 Å². The number of rotatable bonds is 6. The van der Waals surface area contributed by atoms with Crippen molar-refractivity contribution in [3.63, 3.8) is 0 Å². The first-order chi connectivity index (χ1) is 29.3. The first-order valence-corrected chi connectivity index (χ1v) is 20.6. The van der Waals surface area contributed by atoms with E-state index in [0.717, 1.165) is 22.7 Å². The second-order valence-corrected chi connectivity index (χ2v) is 14.9. The van der Waals surface area contributed by atoms with Crippen molar-refractivity contribution in [2.24, 2.45) is 0 Å². The molecule has 0 aliphatic heterocycles. The summed E-state index contributed by atoms with van der Waals surface area (Å²) in [5.41, 5.74) is 15.3. The minimum atomic E-state index is 1.10. The molecule has 0 radical (unpaired) electrons. The molecular weight excluding hydrogens is 715 g/mol. The van der Waals surface area contributed by atoms with Crippen molar-refractivity contribution in [1.82, 2.24) is 8.97 Å². The van der Waals surface area contributed by atoms with E-state index in [1.165, 1.54) is 82.2 Å². The third-order valence-corrected chi connectivity index (χ3v) is 11.8. The van der Waals surface area contributed by atoms with Crippen LogP contribution in [0.15, 0.2) is 212 Å². The summed E-state index contributed by atoms with van der Waals surface area (Å²) in [4.78, 5) is 2.54. The molecule has 3 aromatic heterocycles. The summed E-state index contributed by atoms with van der Waals surface area (Å²) in [6.45, 7) is 4.00. The summed E-state index contributed by atoms with van der Waals surface area (Å²) in [5.74, 6) is 0. The Morgan fingerprint density at radius 3 is 1.47 bits per heavy atom. The molecule has 3 heterocycles. The van der Waals surface area contributed by atoms with Gasteiger partial charge in [0.05, 0.1) is 39.0 Å². The minimum absolute atomic E-state index is 1.10. The van der Waals surface area contributed by atoms with Crippen LogP contribution in [0.1, 0.15) is 13.8 Å². The first-order valence-electron chi connectivity index (χ1n) is 20.6. The summed E-state index contributed by atoms with van der Waals surface area (Å²) >= 11 is 0. The van der Waals surface area contributed by atoms with Gasteiger partial charge in [0.15, 0.2) is 0 Å². The Balaban J connectivity index is 0.00000196. The fourth-order valence-corrected chi connectivity index (χ4v) is 9.43. The molecule has 0 saturated carbocycles. The number of hydrogen-bond donors (Lipinski definition) is 0. The fraction of sp³-hybridized carbons (Fsp3) is 0.0357. The smallest absolute Gasteiger partial charge is 0.0621 e. The van der Waals surface area contributed by atoms with Gasteiger partial charge in [-0.25, -0.2) is 0 Å². The SMILES string of the molecule is CC.c1ccc(-c2cc(-c3ccccc3)cc(N(c3cccc4c3c3ccccc3n4-c3ccccc3)c3cccc4c3c3cccc5c6ccccc6n4c53)c2)cc1. The molecule has 0 aliphatic rings. The van der Waals surface area contributed by atoms with E-state index in [1.54, 1.807) is 0 Å². The largest absolute Gasteiger partial charge is 0.309 e. The molecule has 0 atom stereocenters. The summed E-state index contributed by atoms with van der Waals surface area (Å²) in [7, 11) is 0. The molecule has 280 valence electrons. The molecule has 0 N–H and O–H groups in total. The van der Waals surface area contributed by atoms with Gasteiger partial charge in [0, 0.05) is 43.7 Å². The number of nitrogens with zero attached hydrogens (tertiary/aromatic N) is 3. The highest BCUT2D eigenvalue weighted by atomic mass is 15.2. The van der Waals surface area contributed by atoms with Gasteiger partial charge in [0.25, 0.3) is 0 Å². The molecule has 0 amide bonds. The molecule has 3 nitrogen and oxygen atoms in total. The Morgan fingerprint density at radius 1 is 0.339 bits per heavy atom. The highest BCUT2D eigenvalue weighted by Crippen LogP contribution is 2.50. The molecule has 0 saturated heterocycles. The lowest BCUT2D eigenvalue weighted by Crippen LogP contribution is -2.11. The Kier molecular flexibility index (Phi) is 8.27. The van der Waals surface area contributed by atoms with Gasteiger partial charge in [-0.15, -0.1) is 0 Å². The molecule has 12 rings (SSSR count). The fourth-order valence-electron chi connectivity index (χ4n) is 9.43. The minimum Gasteiger partial charge on any atom is -0.309 e. The zero-order chi connectivity index (χ0) is 39.5. The maximum atomic E-state index is 2.54. The lowest BCUT2D eigenvalue weighted by molar-refractivity contribution is 1.18. The van der Waals surface area contributed by atoms with Gasteiger partial charge in [-0.3, -0.25) is 0 Å². The predicted molar refractivity (Wildman–Crippen MR) is 252 cm³/mol. The lowest BCUT2D eigenvalue weighted by atomic mass is 9.96. The average molecular weight is 756 g/mol. The highest BCUT2D eigenvalue weighted by molar-refractivity contribution is 6.27. The maximum Gasteiger partial charge on any atom is 0.0621 e. The number of aromatic nitrogens is 2. The second kappa shape index (κ2) is 14.1. The van der Waals surface area contributed by atoms with Gasteiger partial charge in [-0.05, 0) is 89.0 Å². The van der Waals surface area contributed by atoms with E-state index in [0.29, 0.717) is 0 Å². The van der Waals surface area contributed by atoms with Crippen LogP contribution in [0.2, 0.25) is 0 Å². The molecule has 3 heteroatoms. The summed E-state index contributed by atoms with van der Waals surface area (Å²) in [6.07, 6.45) is 0. The van der Waals surface area contributed by atoms with Crippen LogP contribution < -0.4 is 4.90 Å². The summed E-state index contributed by atoms with van der Waals surface area (Å²) < 4.78 is 4.89. The number of para-hydroxylation sites is 4. The summed E-state index contributed by atoms with van der Waals surface area (Å²) in [5, 5.41) is 7.47. The van der Waals surface area contributed by atoms with Gasteiger partial charge in [-0.2, -0.15) is 0 Å². The van der Waals surface area contributed by atoms with E-state index in [1.807, 2.05) is 13.8 Å². The van der Waals surface area contributed by atoms with Gasteiger partial charge in [0.2, 0.25) is 0 Å². The van der Waals surface area contributed by atoms with Crippen molar-refractivity contribution in [1.29, 1.82) is 0 Å². The second-order valence-electron chi connectivity index (χ2n) is 14.9. The number of fused-ring (bicyclic) bond motifs is 9. The van der Waals surface area contributed by atoms with Crippen molar-refractivity contribution in [3.05, 3.63) is 212 Å². The van der Waals surface area contributed by atoms with Crippen molar-refractivity contribution in [2.45, 2.75) is 13.8 Å². The molecule has 0 fully saturated rings.